The summed E-state index contributed by atoms with van der Waals surface area (Å²) in [5.41, 5.74) is 5.49. The Morgan fingerprint density at radius 3 is 2.43 bits per heavy atom. The third-order valence-electron chi connectivity index (χ3n) is 5.45. The van der Waals surface area contributed by atoms with E-state index in [4.69, 9.17) is 0 Å². The fourth-order valence-corrected chi connectivity index (χ4v) is 4.61. The third-order valence-corrected chi connectivity index (χ3v) is 6.53. The average molecular weight is 421 g/mol. The van der Waals surface area contributed by atoms with Gasteiger partial charge in [0.1, 0.15) is 5.82 Å². The lowest BCUT2D eigenvalue weighted by Crippen LogP contribution is -2.24. The second kappa shape index (κ2) is 8.64. The smallest absolute Gasteiger partial charge is 0.237 e. The van der Waals surface area contributed by atoms with E-state index in [0.717, 1.165) is 34.3 Å². The monoisotopic (exact) mass is 420 g/mol. The van der Waals surface area contributed by atoms with Gasteiger partial charge in [0, 0.05) is 11.6 Å². The van der Waals surface area contributed by atoms with Crippen molar-refractivity contribution in [2.45, 2.75) is 63.4 Å². The standard InChI is InChI=1S/C24H28N4OS/c1-15-12-16(2)21(17(3)13-15)25-23(29)18(4)30-24-27-26-22(20-10-11-20)28(24)14-19-8-6-5-7-9-19/h5-9,12-13,18,20H,10-11,14H2,1-4H3,(H,25,29)/t18-/m0/s1. The van der Waals surface area contributed by atoms with Crippen LogP contribution in [0.1, 0.15) is 53.8 Å². The summed E-state index contributed by atoms with van der Waals surface area (Å²) in [6.45, 7) is 8.79. The predicted octanol–water partition coefficient (Wildman–Crippen LogP) is 5.25. The number of hydrogen-bond donors (Lipinski definition) is 1. The van der Waals surface area contributed by atoms with E-state index in [1.165, 1.54) is 35.7 Å². The molecular formula is C24H28N4OS. The van der Waals surface area contributed by atoms with Crippen molar-refractivity contribution in [1.82, 2.24) is 14.8 Å². The van der Waals surface area contributed by atoms with Crippen LogP contribution in [0.3, 0.4) is 0 Å². The van der Waals surface area contributed by atoms with Crippen LogP contribution in [0.2, 0.25) is 0 Å². The first-order chi connectivity index (χ1) is 14.4. The van der Waals surface area contributed by atoms with Gasteiger partial charge in [-0.1, -0.05) is 59.8 Å². The topological polar surface area (TPSA) is 59.8 Å². The Labute approximate surface area is 182 Å². The van der Waals surface area contributed by atoms with Crippen molar-refractivity contribution in [3.63, 3.8) is 0 Å². The van der Waals surface area contributed by atoms with Gasteiger partial charge in [0.2, 0.25) is 5.91 Å². The van der Waals surface area contributed by atoms with Gasteiger partial charge in [0.05, 0.1) is 11.8 Å². The summed E-state index contributed by atoms with van der Waals surface area (Å²) in [4.78, 5) is 12.9. The molecule has 3 aromatic rings. The number of nitrogens with one attached hydrogen (secondary N) is 1. The number of thioether (sulfide) groups is 1. The molecule has 0 spiro atoms. The average Bonchev–Trinajstić information content (AvgIpc) is 3.48. The highest BCUT2D eigenvalue weighted by Gasteiger charge is 2.31. The molecule has 1 aliphatic carbocycles. The zero-order chi connectivity index (χ0) is 21.3. The highest BCUT2D eigenvalue weighted by Crippen LogP contribution is 2.40. The van der Waals surface area contributed by atoms with Crippen LogP contribution < -0.4 is 5.32 Å². The Balaban J connectivity index is 1.52. The SMILES string of the molecule is Cc1cc(C)c(NC(=O)[C@H](C)Sc2nnc(C3CC3)n2Cc2ccccc2)c(C)c1. The van der Waals surface area contributed by atoms with Gasteiger partial charge in [-0.3, -0.25) is 4.79 Å². The van der Waals surface area contributed by atoms with Crippen LogP contribution in [0, 0.1) is 20.8 Å². The van der Waals surface area contributed by atoms with Gasteiger partial charge in [0.15, 0.2) is 5.16 Å². The summed E-state index contributed by atoms with van der Waals surface area (Å²) in [7, 11) is 0. The minimum Gasteiger partial charge on any atom is -0.325 e. The van der Waals surface area contributed by atoms with Crippen molar-refractivity contribution in [1.29, 1.82) is 0 Å². The van der Waals surface area contributed by atoms with Crippen LogP contribution in [0.15, 0.2) is 47.6 Å². The van der Waals surface area contributed by atoms with Crippen molar-refractivity contribution in [3.05, 3.63) is 70.5 Å². The number of benzene rings is 2. The molecule has 4 rings (SSSR count). The normalized spacial score (nSPS) is 14.5. The number of rotatable bonds is 7. The summed E-state index contributed by atoms with van der Waals surface area (Å²) in [5, 5.41) is 12.6. The lowest BCUT2D eigenvalue weighted by Gasteiger charge is -2.16. The molecule has 1 heterocycles. The second-order valence-corrected chi connectivity index (χ2v) is 9.52. The first-order valence-corrected chi connectivity index (χ1v) is 11.3. The summed E-state index contributed by atoms with van der Waals surface area (Å²) >= 11 is 1.47. The van der Waals surface area contributed by atoms with Crippen molar-refractivity contribution in [2.24, 2.45) is 0 Å². The first-order valence-electron chi connectivity index (χ1n) is 10.4. The molecule has 2 aromatic carbocycles. The van der Waals surface area contributed by atoms with Gasteiger partial charge in [-0.25, -0.2) is 0 Å². The molecule has 30 heavy (non-hydrogen) atoms. The number of nitrogens with zero attached hydrogens (tertiary/aromatic N) is 3. The molecule has 5 nitrogen and oxygen atoms in total. The van der Waals surface area contributed by atoms with Crippen LogP contribution >= 0.6 is 11.8 Å². The molecule has 1 aliphatic rings. The van der Waals surface area contributed by atoms with E-state index in [-0.39, 0.29) is 11.2 Å². The minimum absolute atomic E-state index is 0.0164. The second-order valence-electron chi connectivity index (χ2n) is 8.21. The van der Waals surface area contributed by atoms with Crippen LogP contribution in [-0.4, -0.2) is 25.9 Å². The molecule has 1 fully saturated rings. The Hall–Kier alpha value is -2.60. The number of aryl methyl sites for hydroxylation is 3. The van der Waals surface area contributed by atoms with E-state index in [2.05, 4.69) is 51.3 Å². The number of carbonyl (C=O) groups is 1. The van der Waals surface area contributed by atoms with Crippen LogP contribution in [-0.2, 0) is 11.3 Å². The Morgan fingerprint density at radius 2 is 1.80 bits per heavy atom. The quantitative estimate of drug-likeness (QED) is 0.531. The third kappa shape index (κ3) is 4.59. The number of carbonyl (C=O) groups excluding carboxylic acids is 1. The molecule has 1 saturated carbocycles. The number of hydrogen-bond acceptors (Lipinski definition) is 4. The molecular weight excluding hydrogens is 392 g/mol. The molecule has 1 amide bonds. The molecule has 0 unspecified atom stereocenters. The fourth-order valence-electron chi connectivity index (χ4n) is 3.76. The van der Waals surface area contributed by atoms with Gasteiger partial charge in [-0.15, -0.1) is 10.2 Å². The van der Waals surface area contributed by atoms with Gasteiger partial charge < -0.3 is 9.88 Å². The lowest BCUT2D eigenvalue weighted by atomic mass is 10.1. The molecule has 1 aromatic heterocycles. The lowest BCUT2D eigenvalue weighted by molar-refractivity contribution is -0.115. The molecule has 1 atom stereocenters. The Bertz CT molecular complexity index is 1030. The van der Waals surface area contributed by atoms with E-state index < -0.39 is 0 Å². The molecule has 0 radical (unpaired) electrons. The van der Waals surface area contributed by atoms with Crippen molar-refractivity contribution >= 4 is 23.4 Å². The van der Waals surface area contributed by atoms with Gasteiger partial charge in [-0.05, 0) is 57.2 Å². The predicted molar refractivity (Wildman–Crippen MR) is 122 cm³/mol. The van der Waals surface area contributed by atoms with Gasteiger partial charge in [-0.2, -0.15) is 0 Å². The number of aromatic nitrogens is 3. The maximum absolute atomic E-state index is 12.9. The van der Waals surface area contributed by atoms with Crippen LogP contribution in [0.5, 0.6) is 0 Å². The zero-order valence-electron chi connectivity index (χ0n) is 18.0. The van der Waals surface area contributed by atoms with E-state index in [9.17, 15) is 4.79 Å². The van der Waals surface area contributed by atoms with Gasteiger partial charge in [0.25, 0.3) is 0 Å². The first kappa shape index (κ1) is 20.7. The van der Waals surface area contributed by atoms with Crippen LogP contribution in [0.25, 0.3) is 0 Å². The highest BCUT2D eigenvalue weighted by molar-refractivity contribution is 8.00. The summed E-state index contributed by atoms with van der Waals surface area (Å²) in [5.74, 6) is 1.52. The molecule has 1 N–H and O–H groups in total. The molecule has 6 heteroatoms. The zero-order valence-corrected chi connectivity index (χ0v) is 18.8. The maximum atomic E-state index is 12.9. The van der Waals surface area contributed by atoms with Gasteiger partial charge >= 0.3 is 0 Å². The fraction of sp³-hybridized carbons (Fsp3) is 0.375. The van der Waals surface area contributed by atoms with E-state index in [1.54, 1.807) is 0 Å². The summed E-state index contributed by atoms with van der Waals surface area (Å²) in [6, 6.07) is 14.5. The largest absolute Gasteiger partial charge is 0.325 e. The Morgan fingerprint density at radius 1 is 1.13 bits per heavy atom. The molecule has 156 valence electrons. The minimum atomic E-state index is -0.282. The van der Waals surface area contributed by atoms with E-state index in [0.29, 0.717) is 5.92 Å². The molecule has 0 aliphatic heterocycles. The number of amides is 1. The molecule has 0 saturated heterocycles. The van der Waals surface area contributed by atoms with E-state index in [1.807, 2.05) is 39.0 Å². The molecule has 0 bridgehead atoms. The Kier molecular flexibility index (Phi) is 5.95. The maximum Gasteiger partial charge on any atom is 0.237 e. The highest BCUT2D eigenvalue weighted by atomic mass is 32.2. The van der Waals surface area contributed by atoms with Crippen molar-refractivity contribution < 1.29 is 4.79 Å². The van der Waals surface area contributed by atoms with Crippen LogP contribution in [0.4, 0.5) is 5.69 Å². The van der Waals surface area contributed by atoms with E-state index >= 15 is 0 Å². The summed E-state index contributed by atoms with van der Waals surface area (Å²) < 4.78 is 2.18. The number of anilines is 1. The van der Waals surface area contributed by atoms with Crippen molar-refractivity contribution in [2.75, 3.05) is 5.32 Å². The van der Waals surface area contributed by atoms with Crippen molar-refractivity contribution in [3.8, 4) is 0 Å². The summed E-state index contributed by atoms with van der Waals surface area (Å²) in [6.07, 6.45) is 2.33.